The van der Waals surface area contributed by atoms with Gasteiger partial charge in [0.1, 0.15) is 47.5 Å². The highest BCUT2D eigenvalue weighted by Gasteiger charge is 2.15. The van der Waals surface area contributed by atoms with E-state index < -0.39 is 0 Å². The molecule has 9 heteroatoms. The van der Waals surface area contributed by atoms with Gasteiger partial charge in [-0.15, -0.1) is 11.3 Å². The van der Waals surface area contributed by atoms with E-state index in [1.807, 2.05) is 18.2 Å². The van der Waals surface area contributed by atoms with Crippen molar-refractivity contribution in [1.29, 1.82) is 0 Å². The Morgan fingerprint density at radius 3 is 2.74 bits per heavy atom. The fourth-order valence-electron chi connectivity index (χ4n) is 4.69. The smallest absolute Gasteiger partial charge is 0.143 e. The summed E-state index contributed by atoms with van der Waals surface area (Å²) in [5, 5.41) is 5.86. The lowest BCUT2D eigenvalue weighted by Crippen LogP contribution is -2.25. The summed E-state index contributed by atoms with van der Waals surface area (Å²) in [6, 6.07) is 17.9. The van der Waals surface area contributed by atoms with E-state index in [2.05, 4.69) is 32.3 Å². The maximum absolute atomic E-state index is 13.4. The molecular weight excluding hydrogens is 523 g/mol. The van der Waals surface area contributed by atoms with Crippen molar-refractivity contribution in [2.75, 3.05) is 31.6 Å². The predicted octanol–water partition coefficient (Wildman–Crippen LogP) is 7.43. The van der Waals surface area contributed by atoms with Crippen molar-refractivity contribution in [2.45, 2.75) is 19.4 Å². The molecule has 0 unspecified atom stereocenters. The summed E-state index contributed by atoms with van der Waals surface area (Å²) in [6.45, 7) is 4.21. The zero-order chi connectivity index (χ0) is 25.9. The van der Waals surface area contributed by atoms with Crippen LogP contribution in [0.2, 0.25) is 5.02 Å². The number of hydrogen-bond donors (Lipinski definition) is 1. The van der Waals surface area contributed by atoms with Gasteiger partial charge in [0, 0.05) is 22.3 Å². The lowest BCUT2D eigenvalue weighted by Gasteiger charge is -2.14. The number of benzene rings is 3. The van der Waals surface area contributed by atoms with Gasteiger partial charge in [0.25, 0.3) is 0 Å². The zero-order valence-corrected chi connectivity index (χ0v) is 22.2. The standard InChI is InChI=1S/C29H26ClFN4O2S/c30-24-15-21(6-9-25(24)37-17-19-4-3-5-20(31)14-19)34-28-27-23-8-7-22(36-13-12-35-10-1-2-11-35)16-26(23)38-29(27)33-18-32-28/h3-9,14-16,18H,1-2,10-13,17H2,(H,32,33,34). The number of anilines is 2. The van der Waals surface area contributed by atoms with Crippen LogP contribution in [0.25, 0.3) is 20.3 Å². The first-order valence-corrected chi connectivity index (χ1v) is 13.8. The van der Waals surface area contributed by atoms with Gasteiger partial charge >= 0.3 is 0 Å². The Labute approximate surface area is 229 Å². The molecule has 6 nitrogen and oxygen atoms in total. The summed E-state index contributed by atoms with van der Waals surface area (Å²) in [4.78, 5) is 12.4. The molecule has 6 rings (SSSR count). The topological polar surface area (TPSA) is 59.5 Å². The number of ether oxygens (including phenoxy) is 2. The average Bonchev–Trinajstić information content (AvgIpc) is 3.56. The maximum atomic E-state index is 13.4. The van der Waals surface area contributed by atoms with E-state index in [0.717, 1.165) is 43.8 Å². The van der Waals surface area contributed by atoms with Crippen LogP contribution in [0.15, 0.2) is 67.0 Å². The Bertz CT molecular complexity index is 1590. The van der Waals surface area contributed by atoms with E-state index in [-0.39, 0.29) is 12.4 Å². The SMILES string of the molecule is Fc1cccc(COc2ccc(Nc3ncnc4sc5cc(OCCN6CCCC6)ccc5c34)cc2Cl)c1. The largest absolute Gasteiger partial charge is 0.492 e. The van der Waals surface area contributed by atoms with E-state index in [0.29, 0.717) is 23.2 Å². The third kappa shape index (κ3) is 5.53. The zero-order valence-electron chi connectivity index (χ0n) is 20.6. The molecule has 1 aliphatic rings. The van der Waals surface area contributed by atoms with Crippen molar-refractivity contribution in [1.82, 2.24) is 14.9 Å². The van der Waals surface area contributed by atoms with Gasteiger partial charge in [0.2, 0.25) is 0 Å². The highest BCUT2D eigenvalue weighted by atomic mass is 35.5. The molecule has 38 heavy (non-hydrogen) atoms. The molecule has 1 saturated heterocycles. The van der Waals surface area contributed by atoms with Crippen LogP contribution in [0.5, 0.6) is 11.5 Å². The second-order valence-electron chi connectivity index (χ2n) is 9.25. The van der Waals surface area contributed by atoms with Crippen LogP contribution >= 0.6 is 22.9 Å². The van der Waals surface area contributed by atoms with Crippen LogP contribution in [0, 0.1) is 5.82 Å². The van der Waals surface area contributed by atoms with Gasteiger partial charge in [-0.3, -0.25) is 4.90 Å². The maximum Gasteiger partial charge on any atom is 0.143 e. The Morgan fingerprint density at radius 2 is 1.89 bits per heavy atom. The Balaban J connectivity index is 1.18. The van der Waals surface area contributed by atoms with Crippen LogP contribution in [-0.2, 0) is 6.61 Å². The van der Waals surface area contributed by atoms with Crippen LogP contribution in [0.3, 0.4) is 0 Å². The van der Waals surface area contributed by atoms with Crippen LogP contribution < -0.4 is 14.8 Å². The summed E-state index contributed by atoms with van der Waals surface area (Å²) in [7, 11) is 0. The molecule has 0 spiro atoms. The van der Waals surface area contributed by atoms with E-state index in [9.17, 15) is 4.39 Å². The predicted molar refractivity (Wildman–Crippen MR) is 152 cm³/mol. The number of rotatable bonds is 9. The molecule has 1 fully saturated rings. The molecular formula is C29H26ClFN4O2S. The van der Waals surface area contributed by atoms with E-state index in [4.69, 9.17) is 21.1 Å². The lowest BCUT2D eigenvalue weighted by molar-refractivity contribution is 0.238. The molecule has 1 N–H and O–H groups in total. The third-order valence-electron chi connectivity index (χ3n) is 6.59. The number of likely N-dealkylation sites (tertiary alicyclic amines) is 1. The van der Waals surface area contributed by atoms with Gasteiger partial charge in [0.05, 0.1) is 10.4 Å². The number of thiophene rings is 1. The molecule has 194 valence electrons. The van der Waals surface area contributed by atoms with Crippen molar-refractivity contribution in [2.24, 2.45) is 0 Å². The Morgan fingerprint density at radius 1 is 1.00 bits per heavy atom. The molecule has 0 aliphatic carbocycles. The normalized spacial score (nSPS) is 13.8. The summed E-state index contributed by atoms with van der Waals surface area (Å²) in [6.07, 6.45) is 4.13. The first-order chi connectivity index (χ1) is 18.6. The number of halogens is 2. The molecule has 0 amide bonds. The molecule has 0 atom stereocenters. The van der Waals surface area contributed by atoms with Crippen molar-refractivity contribution in [3.63, 3.8) is 0 Å². The quantitative estimate of drug-likeness (QED) is 0.207. The van der Waals surface area contributed by atoms with Crippen molar-refractivity contribution in [3.05, 3.63) is 83.4 Å². The Kier molecular flexibility index (Phi) is 7.27. The second kappa shape index (κ2) is 11.1. The van der Waals surface area contributed by atoms with E-state index >= 15 is 0 Å². The van der Waals surface area contributed by atoms with E-state index in [1.54, 1.807) is 35.9 Å². The molecule has 0 radical (unpaired) electrons. The lowest BCUT2D eigenvalue weighted by atomic mass is 10.2. The minimum atomic E-state index is -0.296. The first-order valence-electron chi connectivity index (χ1n) is 12.6. The summed E-state index contributed by atoms with van der Waals surface area (Å²) < 4.78 is 26.4. The summed E-state index contributed by atoms with van der Waals surface area (Å²) >= 11 is 8.12. The minimum absolute atomic E-state index is 0.224. The highest BCUT2D eigenvalue weighted by Crippen LogP contribution is 2.39. The van der Waals surface area contributed by atoms with Crippen LogP contribution in [-0.4, -0.2) is 41.1 Å². The second-order valence-corrected chi connectivity index (χ2v) is 10.7. The van der Waals surface area contributed by atoms with Crippen LogP contribution in [0.4, 0.5) is 15.9 Å². The number of hydrogen-bond acceptors (Lipinski definition) is 7. The molecule has 3 aromatic carbocycles. The van der Waals surface area contributed by atoms with Gasteiger partial charge in [-0.25, -0.2) is 14.4 Å². The number of fused-ring (bicyclic) bond motifs is 3. The average molecular weight is 549 g/mol. The monoisotopic (exact) mass is 548 g/mol. The third-order valence-corrected chi connectivity index (χ3v) is 7.95. The van der Waals surface area contributed by atoms with Gasteiger partial charge in [-0.1, -0.05) is 23.7 Å². The molecule has 3 heterocycles. The Hall–Kier alpha value is -3.46. The minimum Gasteiger partial charge on any atom is -0.492 e. The molecule has 2 aromatic heterocycles. The number of aromatic nitrogens is 2. The van der Waals surface area contributed by atoms with Crippen molar-refractivity contribution >= 4 is 54.7 Å². The van der Waals surface area contributed by atoms with Gasteiger partial charge in [-0.05, 0) is 80.0 Å². The molecule has 0 saturated carbocycles. The highest BCUT2D eigenvalue weighted by molar-refractivity contribution is 7.25. The van der Waals surface area contributed by atoms with Gasteiger partial charge in [-0.2, -0.15) is 0 Å². The summed E-state index contributed by atoms with van der Waals surface area (Å²) in [5.74, 6) is 1.79. The van der Waals surface area contributed by atoms with Crippen molar-refractivity contribution in [3.8, 4) is 11.5 Å². The number of nitrogens with zero attached hydrogens (tertiary/aromatic N) is 3. The van der Waals surface area contributed by atoms with E-state index in [1.165, 1.54) is 38.1 Å². The fraction of sp³-hybridized carbons (Fsp3) is 0.241. The molecule has 1 aliphatic heterocycles. The summed E-state index contributed by atoms with van der Waals surface area (Å²) in [5.41, 5.74) is 1.51. The van der Waals surface area contributed by atoms with Gasteiger partial charge in [0.15, 0.2) is 0 Å². The fourth-order valence-corrected chi connectivity index (χ4v) is 6.00. The van der Waals surface area contributed by atoms with Crippen LogP contribution in [0.1, 0.15) is 18.4 Å². The molecule has 5 aromatic rings. The van der Waals surface area contributed by atoms with Gasteiger partial charge < -0.3 is 14.8 Å². The van der Waals surface area contributed by atoms with Crippen molar-refractivity contribution < 1.29 is 13.9 Å². The first kappa shape index (κ1) is 24.9. The number of nitrogens with one attached hydrogen (secondary N) is 1. The molecule has 0 bridgehead atoms.